The van der Waals surface area contributed by atoms with Crippen LogP contribution < -0.4 is 0 Å². The Morgan fingerprint density at radius 3 is 2.58 bits per heavy atom. The molecular weight excluding hydrogens is 222 g/mol. The van der Waals surface area contributed by atoms with E-state index >= 15 is 0 Å². The van der Waals surface area contributed by atoms with Crippen molar-refractivity contribution in [3.63, 3.8) is 0 Å². The van der Waals surface area contributed by atoms with Gasteiger partial charge in [-0.05, 0) is 28.4 Å². The third-order valence-corrected chi connectivity index (χ3v) is 2.91. The Hall–Kier alpha value is -0.770. The van der Waals surface area contributed by atoms with Gasteiger partial charge in [-0.2, -0.15) is 0 Å². The van der Waals surface area contributed by atoms with Crippen molar-refractivity contribution in [3.8, 4) is 0 Å². The molecule has 1 rings (SSSR count). The summed E-state index contributed by atoms with van der Waals surface area (Å²) in [7, 11) is 3.24. The number of aromatic nitrogens is 1. The van der Waals surface area contributed by atoms with Gasteiger partial charge in [-0.3, -0.25) is 0 Å². The van der Waals surface area contributed by atoms with Crippen LogP contribution in [0.5, 0.6) is 0 Å². The highest BCUT2D eigenvalue weighted by atomic mass is 79.9. The van der Waals surface area contributed by atoms with E-state index in [0.29, 0.717) is 5.56 Å². The normalized spacial score (nSPS) is 10.0. The minimum Gasteiger partial charge on any atom is -0.465 e. The molecule has 1 aromatic heterocycles. The van der Waals surface area contributed by atoms with Gasteiger partial charge in [0, 0.05) is 13.2 Å². The van der Waals surface area contributed by atoms with Crippen molar-refractivity contribution in [3.05, 3.63) is 21.9 Å². The summed E-state index contributed by atoms with van der Waals surface area (Å²) in [6.45, 7) is 1.87. The number of esters is 1. The molecule has 1 aromatic rings. The molecule has 0 fully saturated rings. The number of ether oxygens (including phenoxy) is 1. The van der Waals surface area contributed by atoms with E-state index in [1.807, 2.05) is 18.5 Å². The summed E-state index contributed by atoms with van der Waals surface area (Å²) in [6.07, 6.45) is 1.74. The Morgan fingerprint density at radius 2 is 2.25 bits per heavy atom. The molecule has 0 atom stereocenters. The highest BCUT2D eigenvalue weighted by Crippen LogP contribution is 2.21. The van der Waals surface area contributed by atoms with Crippen molar-refractivity contribution in [1.82, 2.24) is 4.57 Å². The number of halogens is 1. The molecule has 0 amide bonds. The number of methoxy groups -OCH3 is 1. The summed E-state index contributed by atoms with van der Waals surface area (Å²) in [6, 6.07) is 0. The van der Waals surface area contributed by atoms with E-state index < -0.39 is 0 Å². The quantitative estimate of drug-likeness (QED) is 0.692. The van der Waals surface area contributed by atoms with E-state index in [9.17, 15) is 4.79 Å². The van der Waals surface area contributed by atoms with Gasteiger partial charge < -0.3 is 9.30 Å². The average Bonchev–Trinajstić information content (AvgIpc) is 2.32. The molecule has 1 heterocycles. The Kier molecular flexibility index (Phi) is 2.57. The standard InChI is InChI=1S/C8H10BrNO2/c1-5-6(8(11)12-3)4-10(2)7(5)9/h4H,1-3H3. The number of aryl methyl sites for hydroxylation is 1. The van der Waals surface area contributed by atoms with Crippen LogP contribution in [0.4, 0.5) is 0 Å². The molecule has 3 nitrogen and oxygen atoms in total. The Bertz CT molecular complexity index is 317. The first-order chi connectivity index (χ1) is 5.57. The first kappa shape index (κ1) is 9.32. The smallest absolute Gasteiger partial charge is 0.339 e. The van der Waals surface area contributed by atoms with Crippen molar-refractivity contribution in [2.75, 3.05) is 7.11 Å². The summed E-state index contributed by atoms with van der Waals surface area (Å²) in [5.41, 5.74) is 1.51. The third-order valence-electron chi connectivity index (χ3n) is 1.75. The second kappa shape index (κ2) is 3.31. The van der Waals surface area contributed by atoms with Gasteiger partial charge >= 0.3 is 5.97 Å². The molecule has 12 heavy (non-hydrogen) atoms. The zero-order valence-electron chi connectivity index (χ0n) is 7.22. The monoisotopic (exact) mass is 231 g/mol. The Balaban J connectivity index is 3.17. The fourth-order valence-electron chi connectivity index (χ4n) is 1.04. The lowest BCUT2D eigenvalue weighted by Gasteiger charge is -1.95. The number of hydrogen-bond acceptors (Lipinski definition) is 2. The van der Waals surface area contributed by atoms with Gasteiger partial charge in [-0.25, -0.2) is 4.79 Å². The number of rotatable bonds is 1. The summed E-state index contributed by atoms with van der Waals surface area (Å²) in [4.78, 5) is 11.1. The highest BCUT2D eigenvalue weighted by molar-refractivity contribution is 9.10. The molecule has 0 unspecified atom stereocenters. The fraction of sp³-hybridized carbons (Fsp3) is 0.375. The molecule has 0 aliphatic heterocycles. The molecule has 0 aliphatic rings. The number of hydrogen-bond donors (Lipinski definition) is 0. The van der Waals surface area contributed by atoms with Gasteiger partial charge in [0.1, 0.15) is 0 Å². The van der Waals surface area contributed by atoms with E-state index in [1.54, 1.807) is 6.20 Å². The van der Waals surface area contributed by atoms with E-state index in [4.69, 9.17) is 0 Å². The largest absolute Gasteiger partial charge is 0.465 e. The highest BCUT2D eigenvalue weighted by Gasteiger charge is 2.14. The van der Waals surface area contributed by atoms with Gasteiger partial charge in [0.05, 0.1) is 17.3 Å². The Morgan fingerprint density at radius 1 is 1.67 bits per heavy atom. The molecule has 4 heteroatoms. The lowest BCUT2D eigenvalue weighted by Crippen LogP contribution is -2.00. The fourth-order valence-corrected chi connectivity index (χ4v) is 1.35. The minimum absolute atomic E-state index is 0.297. The average molecular weight is 232 g/mol. The van der Waals surface area contributed by atoms with Crippen LogP contribution in [0, 0.1) is 6.92 Å². The summed E-state index contributed by atoms with van der Waals surface area (Å²) in [5.74, 6) is -0.297. The summed E-state index contributed by atoms with van der Waals surface area (Å²) in [5, 5.41) is 0. The zero-order chi connectivity index (χ0) is 9.30. The second-order valence-corrected chi connectivity index (χ2v) is 3.31. The number of carbonyl (C=O) groups excluding carboxylic acids is 1. The Labute approximate surface area is 79.5 Å². The number of carbonyl (C=O) groups is 1. The maximum absolute atomic E-state index is 11.1. The molecule has 0 saturated carbocycles. The molecule has 0 aromatic carbocycles. The lowest BCUT2D eigenvalue weighted by atomic mass is 10.2. The van der Waals surface area contributed by atoms with Crippen molar-refractivity contribution >= 4 is 21.9 Å². The van der Waals surface area contributed by atoms with Crippen molar-refractivity contribution in [2.45, 2.75) is 6.92 Å². The molecule has 0 saturated heterocycles. The molecule has 66 valence electrons. The van der Waals surface area contributed by atoms with Gasteiger partial charge in [0.2, 0.25) is 0 Å². The van der Waals surface area contributed by atoms with Crippen LogP contribution in [0.25, 0.3) is 0 Å². The third kappa shape index (κ3) is 1.39. The molecule has 0 bridgehead atoms. The van der Waals surface area contributed by atoms with Crippen molar-refractivity contribution in [2.24, 2.45) is 7.05 Å². The molecule has 0 aliphatic carbocycles. The van der Waals surface area contributed by atoms with Crippen LogP contribution >= 0.6 is 15.9 Å². The van der Waals surface area contributed by atoms with Gasteiger partial charge in [0.15, 0.2) is 0 Å². The molecule has 0 N–H and O–H groups in total. The predicted octanol–water partition coefficient (Wildman–Crippen LogP) is 1.88. The maximum Gasteiger partial charge on any atom is 0.339 e. The van der Waals surface area contributed by atoms with Crippen LogP contribution in [-0.4, -0.2) is 17.6 Å². The number of nitrogens with zero attached hydrogens (tertiary/aromatic N) is 1. The second-order valence-electron chi connectivity index (χ2n) is 2.56. The zero-order valence-corrected chi connectivity index (χ0v) is 8.81. The van der Waals surface area contributed by atoms with Crippen LogP contribution in [0.1, 0.15) is 15.9 Å². The van der Waals surface area contributed by atoms with E-state index in [-0.39, 0.29) is 5.97 Å². The molecule has 0 radical (unpaired) electrons. The van der Waals surface area contributed by atoms with E-state index in [1.165, 1.54) is 7.11 Å². The van der Waals surface area contributed by atoms with Crippen molar-refractivity contribution in [1.29, 1.82) is 0 Å². The van der Waals surface area contributed by atoms with Gasteiger partial charge in [-0.15, -0.1) is 0 Å². The molecular formula is C8H10BrNO2. The van der Waals surface area contributed by atoms with E-state index in [2.05, 4.69) is 20.7 Å². The SMILES string of the molecule is COC(=O)c1cn(C)c(Br)c1C. The topological polar surface area (TPSA) is 31.2 Å². The van der Waals surface area contributed by atoms with E-state index in [0.717, 1.165) is 10.2 Å². The van der Waals surface area contributed by atoms with Crippen molar-refractivity contribution < 1.29 is 9.53 Å². The van der Waals surface area contributed by atoms with Crippen LogP contribution in [0.2, 0.25) is 0 Å². The molecule has 0 spiro atoms. The maximum atomic E-state index is 11.1. The first-order valence-corrected chi connectivity index (χ1v) is 4.27. The summed E-state index contributed by atoms with van der Waals surface area (Å²) >= 11 is 3.35. The first-order valence-electron chi connectivity index (χ1n) is 3.47. The lowest BCUT2D eigenvalue weighted by molar-refractivity contribution is 0.0600. The van der Waals surface area contributed by atoms with Crippen LogP contribution in [-0.2, 0) is 11.8 Å². The van der Waals surface area contributed by atoms with Gasteiger partial charge in [0.25, 0.3) is 0 Å². The van der Waals surface area contributed by atoms with Crippen LogP contribution in [0.15, 0.2) is 10.8 Å². The van der Waals surface area contributed by atoms with Gasteiger partial charge in [-0.1, -0.05) is 0 Å². The minimum atomic E-state index is -0.297. The summed E-state index contributed by atoms with van der Waals surface area (Å²) < 4.78 is 7.35. The van der Waals surface area contributed by atoms with Crippen LogP contribution in [0.3, 0.4) is 0 Å². The predicted molar refractivity (Wildman–Crippen MR) is 49.2 cm³/mol.